The average Bonchev–Trinajstić information content (AvgIpc) is 3.31. The number of halogens is 1. The van der Waals surface area contributed by atoms with Crippen molar-refractivity contribution < 1.29 is 18.8 Å². The fraction of sp³-hybridized carbons (Fsp3) is 0.105. The summed E-state index contributed by atoms with van der Waals surface area (Å²) in [4.78, 5) is 25.6. The molecule has 0 radical (unpaired) electrons. The van der Waals surface area contributed by atoms with E-state index in [2.05, 4.69) is 10.5 Å². The van der Waals surface area contributed by atoms with Crippen LogP contribution in [0.1, 0.15) is 10.5 Å². The van der Waals surface area contributed by atoms with Gasteiger partial charge < -0.3 is 14.6 Å². The third-order valence-electron chi connectivity index (χ3n) is 4.03. The van der Waals surface area contributed by atoms with Crippen LogP contribution in [0.5, 0.6) is 0 Å². The molecule has 1 N–H and O–H groups in total. The van der Waals surface area contributed by atoms with Crippen molar-refractivity contribution in [3.8, 4) is 11.3 Å². The van der Waals surface area contributed by atoms with Gasteiger partial charge in [0.05, 0.1) is 6.54 Å². The minimum Gasteiger partial charge on any atom is -0.447 e. The van der Waals surface area contributed by atoms with Gasteiger partial charge in [0.25, 0.3) is 5.91 Å². The van der Waals surface area contributed by atoms with Crippen LogP contribution < -0.4 is 10.2 Å². The summed E-state index contributed by atoms with van der Waals surface area (Å²) in [6.45, 7) is 0.823. The van der Waals surface area contributed by atoms with Gasteiger partial charge in [0.1, 0.15) is 6.61 Å². The highest BCUT2D eigenvalue weighted by atomic mass is 35.5. The zero-order chi connectivity index (χ0) is 18.8. The molecule has 0 spiro atoms. The van der Waals surface area contributed by atoms with Gasteiger partial charge in [-0.25, -0.2) is 4.79 Å². The first kappa shape index (κ1) is 17.1. The molecule has 8 heteroatoms. The molecule has 4 rings (SSSR count). The van der Waals surface area contributed by atoms with Crippen molar-refractivity contribution >= 4 is 35.0 Å². The zero-order valence-corrected chi connectivity index (χ0v) is 14.8. The van der Waals surface area contributed by atoms with Crippen LogP contribution in [0, 0.1) is 0 Å². The highest BCUT2D eigenvalue weighted by Crippen LogP contribution is 2.25. The summed E-state index contributed by atoms with van der Waals surface area (Å²) in [5.74, 6) is 0.0180. The monoisotopic (exact) mass is 383 g/mol. The molecule has 1 fully saturated rings. The fourth-order valence-electron chi connectivity index (χ4n) is 2.73. The maximum Gasteiger partial charge on any atom is 0.414 e. The van der Waals surface area contributed by atoms with Crippen LogP contribution in [-0.4, -0.2) is 30.3 Å². The second kappa shape index (κ2) is 7.13. The van der Waals surface area contributed by atoms with Crippen molar-refractivity contribution in [3.05, 3.63) is 65.3 Å². The third kappa shape index (κ3) is 3.63. The van der Waals surface area contributed by atoms with E-state index in [0.717, 1.165) is 5.56 Å². The van der Waals surface area contributed by atoms with Crippen LogP contribution in [0.4, 0.5) is 16.2 Å². The molecule has 2 amide bonds. The van der Waals surface area contributed by atoms with E-state index in [4.69, 9.17) is 20.9 Å². The molecule has 7 nitrogen and oxygen atoms in total. The second-order valence-electron chi connectivity index (χ2n) is 5.86. The first-order valence-corrected chi connectivity index (χ1v) is 8.56. The Morgan fingerprint density at radius 1 is 1.15 bits per heavy atom. The molecule has 0 saturated carbocycles. The fourth-order valence-corrected chi connectivity index (χ4v) is 2.92. The van der Waals surface area contributed by atoms with E-state index in [9.17, 15) is 9.59 Å². The summed E-state index contributed by atoms with van der Waals surface area (Å²) in [5.41, 5.74) is 2.04. The van der Waals surface area contributed by atoms with E-state index in [1.807, 2.05) is 6.07 Å². The molecule has 1 aromatic heterocycles. The summed E-state index contributed by atoms with van der Waals surface area (Å²) in [6, 6.07) is 15.6. The van der Waals surface area contributed by atoms with Gasteiger partial charge in [-0.15, -0.1) is 0 Å². The predicted molar refractivity (Wildman–Crippen MR) is 100 cm³/mol. The van der Waals surface area contributed by atoms with Gasteiger partial charge in [0.15, 0.2) is 11.5 Å². The van der Waals surface area contributed by atoms with Crippen molar-refractivity contribution in [2.24, 2.45) is 0 Å². The molecule has 2 heterocycles. The van der Waals surface area contributed by atoms with E-state index < -0.39 is 12.0 Å². The molecule has 0 unspecified atom stereocenters. The lowest BCUT2D eigenvalue weighted by Gasteiger charge is -2.13. The Kier molecular flexibility index (Phi) is 4.52. The van der Waals surface area contributed by atoms with Gasteiger partial charge in [-0.1, -0.05) is 35.0 Å². The molecule has 0 atom stereocenters. The number of hydrogen-bond donors (Lipinski definition) is 1. The molecular formula is C19H14ClN3O4. The third-order valence-corrected chi connectivity index (χ3v) is 4.26. The molecule has 1 aliphatic rings. The number of benzene rings is 2. The number of carbonyl (C=O) groups excluding carboxylic acids is 2. The van der Waals surface area contributed by atoms with Crippen LogP contribution >= 0.6 is 11.6 Å². The summed E-state index contributed by atoms with van der Waals surface area (Å²) < 4.78 is 10.2. The van der Waals surface area contributed by atoms with Gasteiger partial charge in [-0.3, -0.25) is 9.69 Å². The van der Waals surface area contributed by atoms with Crippen molar-refractivity contribution in [2.75, 3.05) is 23.4 Å². The molecule has 2 aromatic carbocycles. The Balaban J connectivity index is 1.51. The molecule has 0 aliphatic carbocycles. The van der Waals surface area contributed by atoms with E-state index in [1.165, 1.54) is 4.90 Å². The predicted octanol–water partition coefficient (Wildman–Crippen LogP) is 4.20. The topological polar surface area (TPSA) is 84.7 Å². The number of amides is 2. The summed E-state index contributed by atoms with van der Waals surface area (Å²) in [6.07, 6.45) is -0.402. The van der Waals surface area contributed by atoms with Crippen molar-refractivity contribution in [1.82, 2.24) is 5.16 Å². The van der Waals surface area contributed by atoms with E-state index in [1.54, 1.807) is 48.5 Å². The Hall–Kier alpha value is -3.32. The first-order chi connectivity index (χ1) is 13.1. The number of anilines is 2. The maximum absolute atomic E-state index is 12.5. The maximum atomic E-state index is 12.5. The van der Waals surface area contributed by atoms with E-state index >= 15 is 0 Å². The van der Waals surface area contributed by atoms with Crippen LogP contribution in [0.25, 0.3) is 11.3 Å². The quantitative estimate of drug-likeness (QED) is 0.729. The zero-order valence-electron chi connectivity index (χ0n) is 14.0. The van der Waals surface area contributed by atoms with Crippen molar-refractivity contribution in [2.45, 2.75) is 0 Å². The highest BCUT2D eigenvalue weighted by Gasteiger charge is 2.24. The van der Waals surface area contributed by atoms with Gasteiger partial charge in [0.2, 0.25) is 0 Å². The number of nitrogens with zero attached hydrogens (tertiary/aromatic N) is 2. The number of nitrogens with one attached hydrogen (secondary N) is 1. The van der Waals surface area contributed by atoms with E-state index in [-0.39, 0.29) is 5.69 Å². The number of carbonyl (C=O) groups is 2. The Labute approximate surface area is 159 Å². The molecule has 1 aliphatic heterocycles. The smallest absolute Gasteiger partial charge is 0.414 e. The first-order valence-electron chi connectivity index (χ1n) is 8.18. The number of rotatable bonds is 4. The molecule has 1 saturated heterocycles. The molecule has 3 aromatic rings. The molecule has 136 valence electrons. The van der Waals surface area contributed by atoms with Gasteiger partial charge in [0, 0.05) is 28.0 Å². The Morgan fingerprint density at radius 3 is 2.78 bits per heavy atom. The molecule has 27 heavy (non-hydrogen) atoms. The number of cyclic esters (lactones) is 1. The summed E-state index contributed by atoms with van der Waals surface area (Å²) in [5, 5.41) is 7.12. The van der Waals surface area contributed by atoms with Gasteiger partial charge >= 0.3 is 6.09 Å². The summed E-state index contributed by atoms with van der Waals surface area (Å²) in [7, 11) is 0. The second-order valence-corrected chi connectivity index (χ2v) is 6.29. The molecule has 0 bridgehead atoms. The minimum absolute atomic E-state index is 0.135. The number of aromatic nitrogens is 1. The van der Waals surface area contributed by atoms with Crippen molar-refractivity contribution in [1.29, 1.82) is 0 Å². The Bertz CT molecular complexity index is 1020. The van der Waals surface area contributed by atoms with Crippen molar-refractivity contribution in [3.63, 3.8) is 0 Å². The summed E-state index contributed by atoms with van der Waals surface area (Å²) >= 11 is 5.97. The molecular weight excluding hydrogens is 370 g/mol. The lowest BCUT2D eigenvalue weighted by atomic mass is 10.1. The van der Waals surface area contributed by atoms with Crippen LogP contribution in [0.15, 0.2) is 59.1 Å². The lowest BCUT2D eigenvalue weighted by molar-refractivity contribution is 0.101. The normalized spacial score (nSPS) is 13.5. The number of ether oxygens (including phenoxy) is 1. The highest BCUT2D eigenvalue weighted by molar-refractivity contribution is 6.30. The van der Waals surface area contributed by atoms with Crippen LogP contribution in [0.3, 0.4) is 0 Å². The largest absolute Gasteiger partial charge is 0.447 e. The van der Waals surface area contributed by atoms with Gasteiger partial charge in [-0.2, -0.15) is 0 Å². The van der Waals surface area contributed by atoms with Crippen LogP contribution in [0.2, 0.25) is 5.02 Å². The minimum atomic E-state index is -0.423. The SMILES string of the molecule is O=C(Nc1cccc(N2CCOC2=O)c1)c1cc(-c2cccc(Cl)c2)on1. The average molecular weight is 384 g/mol. The Morgan fingerprint density at radius 2 is 2.00 bits per heavy atom. The van der Waals surface area contributed by atoms with Gasteiger partial charge in [-0.05, 0) is 30.3 Å². The lowest BCUT2D eigenvalue weighted by Crippen LogP contribution is -2.23. The standard InChI is InChI=1S/C19H14ClN3O4/c20-13-4-1-3-12(9-13)17-11-16(22-27-17)18(24)21-14-5-2-6-15(10-14)23-7-8-26-19(23)25/h1-6,9-11H,7-8H2,(H,21,24). The van der Waals surface area contributed by atoms with E-state index in [0.29, 0.717) is 35.3 Å². The van der Waals surface area contributed by atoms with Crippen LogP contribution in [-0.2, 0) is 4.74 Å². The number of hydrogen-bond acceptors (Lipinski definition) is 5.